The number of carbonyl (C=O) groups excluding carboxylic acids is 1. The fourth-order valence-electron chi connectivity index (χ4n) is 4.19. The second-order valence-corrected chi connectivity index (χ2v) is 8.97. The first-order valence-electron chi connectivity index (χ1n) is 11.0. The number of nitrogens with zero attached hydrogens (tertiary/aromatic N) is 2. The Morgan fingerprint density at radius 1 is 1.30 bits per heavy atom. The molecule has 0 saturated carbocycles. The highest BCUT2D eigenvalue weighted by atomic mass is 31.0. The number of carbonyl (C=O) groups is 1. The maximum Gasteiger partial charge on any atom is 0.269 e. The van der Waals surface area contributed by atoms with Gasteiger partial charge in [0.25, 0.3) is 5.91 Å². The fraction of sp³-hybridized carbons (Fsp3) is 0.167. The number of amides is 1. The highest BCUT2D eigenvalue weighted by Crippen LogP contribution is 2.44. The van der Waals surface area contributed by atoms with Gasteiger partial charge in [0, 0.05) is 34.7 Å². The molecule has 8 N–H and O–H groups in total. The topological polar surface area (TPSA) is 154 Å². The predicted octanol–water partition coefficient (Wildman–Crippen LogP) is 3.04. The second-order valence-electron chi connectivity index (χ2n) is 8.38. The molecule has 2 aromatic rings. The first-order valence-corrected chi connectivity index (χ1v) is 11.6. The van der Waals surface area contributed by atoms with Gasteiger partial charge in [-0.05, 0) is 42.8 Å². The summed E-state index contributed by atoms with van der Waals surface area (Å²) in [7, 11) is 2.41. The normalized spacial score (nSPS) is 20.2. The maximum atomic E-state index is 14.3. The van der Waals surface area contributed by atoms with Gasteiger partial charge in [0.2, 0.25) is 0 Å². The smallest absolute Gasteiger partial charge is 0.269 e. The number of nitrogens with one attached hydrogen (secondary N) is 4. The molecule has 3 atom stereocenters. The maximum absolute atomic E-state index is 14.3. The molecule has 9 nitrogen and oxygen atoms in total. The molecular weight excluding hydrogens is 504 g/mol. The summed E-state index contributed by atoms with van der Waals surface area (Å²) < 4.78 is 42.3. The number of hydrogen-bond donors (Lipinski definition) is 6. The molecule has 2 aliphatic rings. The lowest BCUT2D eigenvalue weighted by Gasteiger charge is -2.23. The number of hydrogen-bond acceptors (Lipinski definition) is 8. The molecule has 13 heteroatoms. The third-order valence-electron chi connectivity index (χ3n) is 5.98. The summed E-state index contributed by atoms with van der Waals surface area (Å²) in [5.74, 6) is -3.29. The molecule has 37 heavy (non-hydrogen) atoms. The minimum Gasteiger partial charge on any atom is -0.396 e. The van der Waals surface area contributed by atoms with Crippen LogP contribution >= 0.6 is 9.24 Å². The number of primary amides is 1. The Hall–Kier alpha value is -4.18. The van der Waals surface area contributed by atoms with Gasteiger partial charge in [0.15, 0.2) is 12.1 Å². The number of anilines is 3. The molecule has 192 valence electrons. The Labute approximate surface area is 212 Å². The summed E-state index contributed by atoms with van der Waals surface area (Å²) in [4.78, 5) is 21.3. The van der Waals surface area contributed by atoms with E-state index >= 15 is 0 Å². The van der Waals surface area contributed by atoms with E-state index in [9.17, 15) is 18.0 Å². The van der Waals surface area contributed by atoms with E-state index in [0.717, 1.165) is 18.4 Å². The first kappa shape index (κ1) is 25.9. The van der Waals surface area contributed by atoms with Crippen molar-refractivity contribution in [3.05, 3.63) is 76.0 Å². The summed E-state index contributed by atoms with van der Waals surface area (Å²) >= 11 is 0. The van der Waals surface area contributed by atoms with Crippen LogP contribution in [-0.4, -0.2) is 29.0 Å². The molecule has 4 rings (SSSR count). The third kappa shape index (κ3) is 4.92. The Balaban J connectivity index is 1.77. The van der Waals surface area contributed by atoms with Crippen molar-refractivity contribution in [2.75, 3.05) is 16.4 Å². The van der Waals surface area contributed by atoms with E-state index in [4.69, 9.17) is 16.9 Å². The largest absolute Gasteiger partial charge is 0.396 e. The van der Waals surface area contributed by atoms with E-state index in [1.165, 1.54) is 6.07 Å². The number of pyridine rings is 1. The minimum atomic E-state index is -1.21. The molecule has 0 radical (unpaired) electrons. The van der Waals surface area contributed by atoms with Gasteiger partial charge in [-0.1, -0.05) is 16.2 Å². The van der Waals surface area contributed by atoms with Crippen molar-refractivity contribution in [2.24, 2.45) is 10.7 Å². The van der Waals surface area contributed by atoms with Crippen molar-refractivity contribution >= 4 is 49.7 Å². The SMILES string of the molecule is CC(=N/C(C(N)=O)=C1/Nc2cc(F)c(N)c(C=N)c2C1C)c1ccc(P)nc1NC1NC(F)=CC=C1F. The fourth-order valence-corrected chi connectivity index (χ4v) is 4.41. The number of benzene rings is 1. The van der Waals surface area contributed by atoms with Gasteiger partial charge in [-0.15, -0.1) is 0 Å². The molecule has 1 amide bonds. The van der Waals surface area contributed by atoms with Crippen LogP contribution in [0.15, 0.2) is 58.5 Å². The monoisotopic (exact) mass is 528 g/mol. The van der Waals surface area contributed by atoms with Crippen LogP contribution in [0, 0.1) is 11.2 Å². The van der Waals surface area contributed by atoms with Crippen LogP contribution in [0.2, 0.25) is 0 Å². The van der Waals surface area contributed by atoms with Gasteiger partial charge < -0.3 is 32.8 Å². The van der Waals surface area contributed by atoms with E-state index in [-0.39, 0.29) is 22.8 Å². The zero-order valence-electron chi connectivity index (χ0n) is 19.8. The molecule has 0 bridgehead atoms. The number of nitrogens with two attached hydrogens (primary N) is 2. The average molecular weight is 528 g/mol. The molecule has 3 heterocycles. The van der Waals surface area contributed by atoms with E-state index in [2.05, 4.69) is 35.2 Å². The number of halogens is 3. The Kier molecular flexibility index (Phi) is 7.04. The van der Waals surface area contributed by atoms with Crippen LogP contribution < -0.4 is 32.9 Å². The standard InChI is InChI=1S/C24H24F3N8OP/c1-9-18-12(8-28)19(29)14(26)7-15(18)32-20(9)21(22(30)36)31-10(2)11-3-6-17(37)34-23(11)35-24-13(25)4-5-16(27)33-24/h3-9,24,28,32-33H,29,37H2,1-2H3,(H2,30,36)(H,34,35)/b21-20+,28-8?,31-10?. The first-order chi connectivity index (χ1) is 17.5. The summed E-state index contributed by atoms with van der Waals surface area (Å²) in [5, 5.41) is 15.8. The van der Waals surface area contributed by atoms with Crippen molar-refractivity contribution < 1.29 is 18.0 Å². The van der Waals surface area contributed by atoms with Crippen molar-refractivity contribution in [3.8, 4) is 0 Å². The van der Waals surface area contributed by atoms with Crippen LogP contribution in [0.3, 0.4) is 0 Å². The predicted molar refractivity (Wildman–Crippen MR) is 142 cm³/mol. The van der Waals surface area contributed by atoms with Gasteiger partial charge in [0.05, 0.1) is 16.8 Å². The molecule has 0 spiro atoms. The molecule has 0 saturated heterocycles. The summed E-state index contributed by atoms with van der Waals surface area (Å²) in [5.41, 5.74) is 13.8. The van der Waals surface area contributed by atoms with Gasteiger partial charge in [-0.3, -0.25) is 4.79 Å². The summed E-state index contributed by atoms with van der Waals surface area (Å²) in [6.07, 6.45) is 1.70. The number of allylic oxidation sites excluding steroid dienone is 3. The molecule has 0 aliphatic carbocycles. The van der Waals surface area contributed by atoms with Crippen molar-refractivity contribution in [3.63, 3.8) is 0 Å². The Bertz CT molecular complexity index is 1450. The molecule has 0 fully saturated rings. The zero-order valence-corrected chi connectivity index (χ0v) is 20.9. The van der Waals surface area contributed by atoms with Crippen LogP contribution in [0.5, 0.6) is 0 Å². The number of dihydropyridines is 1. The molecule has 1 aromatic carbocycles. The number of aliphatic imine (C=N–C) groups is 1. The zero-order chi connectivity index (χ0) is 27.0. The number of nitrogen functional groups attached to an aromatic ring is 1. The second kappa shape index (κ2) is 10.1. The van der Waals surface area contributed by atoms with Crippen LogP contribution in [0.25, 0.3) is 0 Å². The highest BCUT2D eigenvalue weighted by Gasteiger charge is 2.32. The number of fused-ring (bicyclic) bond motifs is 1. The third-order valence-corrected chi connectivity index (χ3v) is 6.30. The molecule has 2 aliphatic heterocycles. The van der Waals surface area contributed by atoms with Gasteiger partial charge in [-0.25, -0.2) is 18.8 Å². The van der Waals surface area contributed by atoms with Crippen LogP contribution in [0.1, 0.15) is 36.5 Å². The summed E-state index contributed by atoms with van der Waals surface area (Å²) in [6.45, 7) is 3.35. The van der Waals surface area contributed by atoms with Gasteiger partial charge in [-0.2, -0.15) is 4.39 Å². The van der Waals surface area contributed by atoms with Gasteiger partial charge >= 0.3 is 0 Å². The quantitative estimate of drug-likeness (QED) is 0.111. The Morgan fingerprint density at radius 3 is 2.70 bits per heavy atom. The summed E-state index contributed by atoms with van der Waals surface area (Å²) in [6, 6.07) is 4.50. The lowest BCUT2D eigenvalue weighted by molar-refractivity contribution is -0.114. The molecular formula is C24H24F3N8OP. The lowest BCUT2D eigenvalue weighted by atomic mass is 9.93. The molecule has 1 aromatic heterocycles. The van der Waals surface area contributed by atoms with E-state index in [0.29, 0.717) is 33.7 Å². The van der Waals surface area contributed by atoms with E-state index in [1.807, 2.05) is 0 Å². The van der Waals surface area contributed by atoms with Crippen molar-refractivity contribution in [1.82, 2.24) is 10.3 Å². The highest BCUT2D eigenvalue weighted by molar-refractivity contribution is 7.26. The van der Waals surface area contributed by atoms with Gasteiger partial charge in [0.1, 0.15) is 23.2 Å². The van der Waals surface area contributed by atoms with Crippen LogP contribution in [-0.2, 0) is 4.79 Å². The van der Waals surface area contributed by atoms with Crippen molar-refractivity contribution in [1.29, 1.82) is 5.41 Å². The van der Waals surface area contributed by atoms with Crippen LogP contribution in [0.4, 0.5) is 30.4 Å². The van der Waals surface area contributed by atoms with E-state index < -0.39 is 35.6 Å². The lowest BCUT2D eigenvalue weighted by Crippen LogP contribution is -2.38. The minimum absolute atomic E-state index is 0.132. The van der Waals surface area contributed by atoms with Crippen molar-refractivity contribution in [2.45, 2.75) is 25.9 Å². The average Bonchev–Trinajstić information content (AvgIpc) is 3.15. The number of rotatable bonds is 6. The Morgan fingerprint density at radius 2 is 2.03 bits per heavy atom. The number of aromatic nitrogens is 1. The molecule has 3 unspecified atom stereocenters. The van der Waals surface area contributed by atoms with E-state index in [1.54, 1.807) is 26.0 Å².